The zero-order valence-corrected chi connectivity index (χ0v) is 27.6. The van der Waals surface area contributed by atoms with Crippen molar-refractivity contribution in [2.75, 3.05) is 0 Å². The number of fused-ring (bicyclic) bond motifs is 6. The highest BCUT2D eigenvalue weighted by Gasteiger charge is 2.21. The Bertz CT molecular complexity index is 2650. The van der Waals surface area contributed by atoms with Crippen LogP contribution < -0.4 is 0 Å². The van der Waals surface area contributed by atoms with Crippen LogP contribution in [0.4, 0.5) is 0 Å². The summed E-state index contributed by atoms with van der Waals surface area (Å²) in [5.74, 6) is 0. The van der Waals surface area contributed by atoms with Gasteiger partial charge in [0, 0.05) is 20.2 Å². The van der Waals surface area contributed by atoms with Gasteiger partial charge in [0.2, 0.25) is 0 Å². The Balaban J connectivity index is 1.23. The van der Waals surface area contributed by atoms with Gasteiger partial charge in [-0.1, -0.05) is 160 Å². The van der Waals surface area contributed by atoms with Gasteiger partial charge in [-0.15, -0.1) is 11.3 Å². The number of hydrogen-bond donors (Lipinski definition) is 0. The fraction of sp³-hybridized carbons (Fsp3) is 0.0870. The van der Waals surface area contributed by atoms with Crippen LogP contribution in [0, 0.1) is 0 Å². The minimum absolute atomic E-state index is 0.0872. The van der Waals surface area contributed by atoms with Crippen LogP contribution >= 0.6 is 11.3 Å². The molecule has 0 radical (unpaired) electrons. The molecule has 0 fully saturated rings. The summed E-state index contributed by atoms with van der Waals surface area (Å²) in [5, 5.41) is 9.94. The van der Waals surface area contributed by atoms with E-state index < -0.39 is 0 Å². The van der Waals surface area contributed by atoms with Crippen LogP contribution in [0.1, 0.15) is 27.7 Å². The van der Waals surface area contributed by atoms with Gasteiger partial charge in [-0.05, 0) is 88.8 Å². The molecule has 0 aliphatic heterocycles. The van der Waals surface area contributed by atoms with E-state index >= 15 is 0 Å². The normalized spacial score (nSPS) is 12.4. The van der Waals surface area contributed by atoms with Crippen molar-refractivity contribution in [2.24, 2.45) is 0 Å². The van der Waals surface area contributed by atoms with E-state index in [0.717, 1.165) is 10.8 Å². The Morgan fingerprint density at radius 1 is 0.489 bits per heavy atom. The molecule has 224 valence electrons. The predicted molar refractivity (Wildman–Crippen MR) is 207 cm³/mol. The van der Waals surface area contributed by atoms with Crippen LogP contribution in [0.3, 0.4) is 0 Å². The van der Waals surface area contributed by atoms with Gasteiger partial charge in [0.1, 0.15) is 0 Å². The second-order valence-corrected chi connectivity index (χ2v) is 14.7. The summed E-state index contributed by atoms with van der Waals surface area (Å²) in [5.41, 5.74) is 8.96. The van der Waals surface area contributed by atoms with E-state index in [1.165, 1.54) is 80.7 Å². The number of rotatable bonds is 3. The minimum Gasteiger partial charge on any atom is -0.135 e. The van der Waals surface area contributed by atoms with Gasteiger partial charge in [0.15, 0.2) is 0 Å². The molecule has 0 aliphatic carbocycles. The lowest BCUT2D eigenvalue weighted by Crippen LogP contribution is -2.10. The van der Waals surface area contributed by atoms with Crippen LogP contribution in [-0.4, -0.2) is 0 Å². The standard InChI is InChI=1S/C46H34S/c1-46(2,3)40-20-10-19-39-44-34(18-11-21-41(44)47-45(39)40)30-23-25-31(26-24-30)42-35-14-6-8-16-37(35)43(38-17-9-7-15-36(38)42)33-27-22-29-12-4-5-13-32(29)28-33/h4-28H,1-3H3/i4D. The molecule has 0 nitrogen and oxygen atoms in total. The second kappa shape index (κ2) is 10.7. The summed E-state index contributed by atoms with van der Waals surface area (Å²) in [7, 11) is 0. The van der Waals surface area contributed by atoms with Gasteiger partial charge in [0.05, 0.1) is 1.37 Å². The molecule has 0 atom stereocenters. The van der Waals surface area contributed by atoms with Crippen LogP contribution in [0.25, 0.3) is 85.9 Å². The lowest BCUT2D eigenvalue weighted by Gasteiger charge is -2.19. The Labute approximate surface area is 281 Å². The van der Waals surface area contributed by atoms with Crippen LogP contribution in [0.2, 0.25) is 0 Å². The molecule has 8 aromatic carbocycles. The van der Waals surface area contributed by atoms with Crippen molar-refractivity contribution in [3.8, 4) is 33.4 Å². The van der Waals surface area contributed by atoms with E-state index in [1.807, 2.05) is 23.5 Å². The van der Waals surface area contributed by atoms with E-state index in [0.29, 0.717) is 6.04 Å². The molecule has 0 saturated carbocycles. The third kappa shape index (κ3) is 4.49. The molecular formula is C46H34S. The quantitative estimate of drug-likeness (QED) is 0.173. The molecular weight excluding hydrogens is 585 g/mol. The first kappa shape index (κ1) is 26.9. The third-order valence-electron chi connectivity index (χ3n) is 9.72. The Morgan fingerprint density at radius 3 is 1.77 bits per heavy atom. The summed E-state index contributed by atoms with van der Waals surface area (Å²) in [6, 6.07) is 53.5. The first-order chi connectivity index (χ1) is 23.3. The van der Waals surface area contributed by atoms with Crippen LogP contribution in [0.15, 0.2) is 152 Å². The van der Waals surface area contributed by atoms with Crippen molar-refractivity contribution < 1.29 is 1.37 Å². The van der Waals surface area contributed by atoms with Crippen LogP contribution in [-0.2, 0) is 5.41 Å². The summed E-state index contributed by atoms with van der Waals surface area (Å²) in [6.45, 7) is 6.92. The van der Waals surface area contributed by atoms with Gasteiger partial charge in [-0.3, -0.25) is 0 Å². The first-order valence-corrected chi connectivity index (χ1v) is 17.2. The van der Waals surface area contributed by atoms with Crippen molar-refractivity contribution in [3.63, 3.8) is 0 Å². The maximum Gasteiger partial charge on any atom is 0.0623 e. The van der Waals surface area contributed by atoms with Crippen molar-refractivity contribution in [3.05, 3.63) is 157 Å². The third-order valence-corrected chi connectivity index (χ3v) is 10.9. The lowest BCUT2D eigenvalue weighted by molar-refractivity contribution is 0.597. The van der Waals surface area contributed by atoms with E-state index in [-0.39, 0.29) is 5.41 Å². The average Bonchev–Trinajstić information content (AvgIpc) is 3.49. The molecule has 9 aromatic rings. The predicted octanol–water partition coefficient (Wildman–Crippen LogP) is 13.8. The molecule has 47 heavy (non-hydrogen) atoms. The topological polar surface area (TPSA) is 0 Å². The van der Waals surface area contributed by atoms with E-state index in [1.54, 1.807) is 0 Å². The minimum atomic E-state index is 0.0872. The summed E-state index contributed by atoms with van der Waals surface area (Å²) in [6.07, 6.45) is 0. The molecule has 0 unspecified atom stereocenters. The van der Waals surface area contributed by atoms with E-state index in [2.05, 4.69) is 154 Å². The summed E-state index contributed by atoms with van der Waals surface area (Å²) < 4.78 is 10.8. The number of benzene rings is 8. The molecule has 1 heterocycles. The highest BCUT2D eigenvalue weighted by atomic mass is 32.1. The molecule has 1 aromatic heterocycles. The molecule has 0 N–H and O–H groups in total. The fourth-order valence-electron chi connectivity index (χ4n) is 7.53. The zero-order chi connectivity index (χ0) is 32.6. The smallest absolute Gasteiger partial charge is 0.0623 e. The van der Waals surface area contributed by atoms with Crippen molar-refractivity contribution in [1.29, 1.82) is 0 Å². The number of thiophene rings is 1. The molecule has 0 bridgehead atoms. The number of hydrogen-bond acceptors (Lipinski definition) is 1. The Kier molecular flexibility index (Phi) is 6.11. The van der Waals surface area contributed by atoms with Crippen LogP contribution in [0.5, 0.6) is 0 Å². The Morgan fingerprint density at radius 2 is 1.09 bits per heavy atom. The van der Waals surface area contributed by atoms with Gasteiger partial charge in [-0.25, -0.2) is 0 Å². The Hall–Kier alpha value is -5.24. The maximum absolute atomic E-state index is 8.07. The zero-order valence-electron chi connectivity index (χ0n) is 27.8. The summed E-state index contributed by atoms with van der Waals surface area (Å²) >= 11 is 1.92. The molecule has 0 aliphatic rings. The average molecular weight is 620 g/mol. The highest BCUT2D eigenvalue weighted by molar-refractivity contribution is 7.26. The van der Waals surface area contributed by atoms with Crippen molar-refractivity contribution in [1.82, 2.24) is 0 Å². The molecule has 0 amide bonds. The van der Waals surface area contributed by atoms with Crippen molar-refractivity contribution in [2.45, 2.75) is 26.2 Å². The monoisotopic (exact) mass is 619 g/mol. The maximum atomic E-state index is 8.07. The molecule has 0 saturated heterocycles. The fourth-order valence-corrected chi connectivity index (χ4v) is 8.98. The van der Waals surface area contributed by atoms with Gasteiger partial charge >= 0.3 is 0 Å². The van der Waals surface area contributed by atoms with Crippen molar-refractivity contribution >= 4 is 63.8 Å². The molecule has 1 heteroatoms. The lowest BCUT2D eigenvalue weighted by atomic mass is 9.85. The largest absolute Gasteiger partial charge is 0.135 e. The van der Waals surface area contributed by atoms with Gasteiger partial charge in [-0.2, -0.15) is 0 Å². The highest BCUT2D eigenvalue weighted by Crippen LogP contribution is 2.46. The van der Waals surface area contributed by atoms with Gasteiger partial charge in [0.25, 0.3) is 0 Å². The van der Waals surface area contributed by atoms with E-state index in [9.17, 15) is 0 Å². The summed E-state index contributed by atoms with van der Waals surface area (Å²) in [4.78, 5) is 0. The second-order valence-electron chi connectivity index (χ2n) is 13.6. The molecule has 9 rings (SSSR count). The SMILES string of the molecule is [2H]c1ccc2cc(-c3c4ccccc4c(-c4ccc(-c5cccc6sc7c(C(C)(C)C)cccc7c56)cc4)c4ccccc34)ccc2c1. The first-order valence-electron chi connectivity index (χ1n) is 16.8. The van der Waals surface area contributed by atoms with E-state index in [4.69, 9.17) is 1.37 Å². The molecule has 0 spiro atoms. The van der Waals surface area contributed by atoms with Gasteiger partial charge < -0.3 is 0 Å².